The van der Waals surface area contributed by atoms with E-state index < -0.39 is 6.10 Å². The van der Waals surface area contributed by atoms with Crippen LogP contribution in [0.4, 0.5) is 0 Å². The number of hydrogen-bond acceptors (Lipinski definition) is 3. The lowest BCUT2D eigenvalue weighted by Crippen LogP contribution is -2.00. The van der Waals surface area contributed by atoms with Crippen LogP contribution in [0, 0.1) is 0 Å². The predicted octanol–water partition coefficient (Wildman–Crippen LogP) is 4.10. The molecular formula is C17H20O3. The molecule has 0 saturated heterocycles. The smallest absolute Gasteiger partial charge is 0.136 e. The van der Waals surface area contributed by atoms with Gasteiger partial charge in [0.2, 0.25) is 0 Å². The zero-order valence-corrected chi connectivity index (χ0v) is 12.1. The molecule has 106 valence electrons. The molecule has 0 aliphatic heterocycles. The van der Waals surface area contributed by atoms with E-state index in [9.17, 15) is 5.11 Å². The van der Waals surface area contributed by atoms with Crippen LogP contribution in [0.1, 0.15) is 31.1 Å². The summed E-state index contributed by atoms with van der Waals surface area (Å²) < 4.78 is 11.2. The Labute approximate surface area is 119 Å². The molecule has 0 radical (unpaired) electrons. The van der Waals surface area contributed by atoms with Crippen molar-refractivity contribution in [1.29, 1.82) is 0 Å². The average molecular weight is 272 g/mol. The molecule has 0 aliphatic rings. The van der Waals surface area contributed by atoms with Crippen molar-refractivity contribution in [3.8, 4) is 17.2 Å². The summed E-state index contributed by atoms with van der Waals surface area (Å²) in [6.07, 6.45) is 0.342. The van der Waals surface area contributed by atoms with Crippen molar-refractivity contribution in [1.82, 2.24) is 0 Å². The second-order valence-corrected chi connectivity index (χ2v) is 4.65. The highest BCUT2D eigenvalue weighted by Gasteiger charge is 2.15. The molecule has 2 aromatic rings. The normalized spacial score (nSPS) is 12.0. The van der Waals surface area contributed by atoms with Crippen molar-refractivity contribution < 1.29 is 14.6 Å². The monoisotopic (exact) mass is 272 g/mol. The average Bonchev–Trinajstić information content (AvgIpc) is 2.47. The standard InChI is InChI=1S/C17H20O3/c1-4-13-8-10-14(11-9-13)20-16-7-5-6-15(19-3)17(16)12(2)18/h5-12,18H,4H2,1-3H3. The Morgan fingerprint density at radius 1 is 1.05 bits per heavy atom. The first-order valence-corrected chi connectivity index (χ1v) is 6.77. The Kier molecular flexibility index (Phi) is 4.64. The van der Waals surface area contributed by atoms with Crippen LogP contribution in [0.5, 0.6) is 17.2 Å². The van der Waals surface area contributed by atoms with E-state index in [1.807, 2.05) is 42.5 Å². The molecule has 0 aliphatic carbocycles. The van der Waals surface area contributed by atoms with Gasteiger partial charge >= 0.3 is 0 Å². The zero-order valence-electron chi connectivity index (χ0n) is 12.1. The summed E-state index contributed by atoms with van der Waals surface area (Å²) in [6, 6.07) is 13.4. The number of aliphatic hydroxyl groups excluding tert-OH is 1. The van der Waals surface area contributed by atoms with Gasteiger partial charge in [-0.25, -0.2) is 0 Å². The molecule has 3 nitrogen and oxygen atoms in total. The number of methoxy groups -OCH3 is 1. The first kappa shape index (κ1) is 14.4. The molecule has 0 saturated carbocycles. The Morgan fingerprint density at radius 2 is 1.70 bits per heavy atom. The fourth-order valence-electron chi connectivity index (χ4n) is 2.12. The van der Waals surface area contributed by atoms with Crippen LogP contribution in [0.3, 0.4) is 0 Å². The highest BCUT2D eigenvalue weighted by Crippen LogP contribution is 2.36. The maximum Gasteiger partial charge on any atom is 0.136 e. The first-order valence-electron chi connectivity index (χ1n) is 6.77. The SMILES string of the molecule is CCc1ccc(Oc2cccc(OC)c2C(C)O)cc1. The third-order valence-corrected chi connectivity index (χ3v) is 3.22. The van der Waals surface area contributed by atoms with Crippen LogP contribution < -0.4 is 9.47 Å². The van der Waals surface area contributed by atoms with Crippen molar-refractivity contribution in [3.63, 3.8) is 0 Å². The molecule has 0 fully saturated rings. The number of aryl methyl sites for hydroxylation is 1. The van der Waals surface area contributed by atoms with Crippen LogP contribution in [-0.2, 0) is 6.42 Å². The van der Waals surface area contributed by atoms with E-state index in [-0.39, 0.29) is 0 Å². The number of benzene rings is 2. The molecule has 0 aromatic heterocycles. The minimum Gasteiger partial charge on any atom is -0.496 e. The predicted molar refractivity (Wildman–Crippen MR) is 79.5 cm³/mol. The van der Waals surface area contributed by atoms with E-state index in [0.717, 1.165) is 12.2 Å². The molecule has 3 heteroatoms. The Morgan fingerprint density at radius 3 is 2.25 bits per heavy atom. The minimum absolute atomic E-state index is 0.614. The van der Waals surface area contributed by atoms with Gasteiger partial charge < -0.3 is 14.6 Å². The van der Waals surface area contributed by atoms with Crippen LogP contribution in [0.25, 0.3) is 0 Å². The minimum atomic E-state index is -0.656. The number of rotatable bonds is 5. The van der Waals surface area contributed by atoms with Gasteiger partial charge in [-0.05, 0) is 43.2 Å². The topological polar surface area (TPSA) is 38.7 Å². The quantitative estimate of drug-likeness (QED) is 0.890. The van der Waals surface area contributed by atoms with Crippen LogP contribution in [0.15, 0.2) is 42.5 Å². The first-order chi connectivity index (χ1) is 9.65. The summed E-state index contributed by atoms with van der Waals surface area (Å²) in [5, 5.41) is 9.92. The van der Waals surface area contributed by atoms with Crippen molar-refractivity contribution in [3.05, 3.63) is 53.6 Å². The van der Waals surface area contributed by atoms with Crippen LogP contribution in [0.2, 0.25) is 0 Å². The Hall–Kier alpha value is -2.00. The molecule has 20 heavy (non-hydrogen) atoms. The van der Waals surface area contributed by atoms with Crippen molar-refractivity contribution in [2.75, 3.05) is 7.11 Å². The highest BCUT2D eigenvalue weighted by molar-refractivity contribution is 5.48. The number of aliphatic hydroxyl groups is 1. The molecule has 1 unspecified atom stereocenters. The highest BCUT2D eigenvalue weighted by atomic mass is 16.5. The van der Waals surface area contributed by atoms with Gasteiger partial charge in [0.1, 0.15) is 17.2 Å². The molecule has 0 spiro atoms. The van der Waals surface area contributed by atoms with Gasteiger partial charge in [-0.3, -0.25) is 0 Å². The summed E-state index contributed by atoms with van der Waals surface area (Å²) in [4.78, 5) is 0. The lowest BCUT2D eigenvalue weighted by atomic mass is 10.1. The Bertz CT molecular complexity index is 559. The third kappa shape index (κ3) is 3.11. The van der Waals surface area contributed by atoms with Gasteiger partial charge in [0.25, 0.3) is 0 Å². The van der Waals surface area contributed by atoms with Gasteiger partial charge in [-0.1, -0.05) is 25.1 Å². The fraction of sp³-hybridized carbons (Fsp3) is 0.294. The molecule has 2 aromatic carbocycles. The van der Waals surface area contributed by atoms with E-state index in [0.29, 0.717) is 17.1 Å². The molecule has 0 amide bonds. The summed E-state index contributed by atoms with van der Waals surface area (Å²) in [5.74, 6) is 1.99. The maximum absolute atomic E-state index is 9.92. The zero-order chi connectivity index (χ0) is 14.5. The maximum atomic E-state index is 9.92. The van der Waals surface area contributed by atoms with E-state index in [4.69, 9.17) is 9.47 Å². The lowest BCUT2D eigenvalue weighted by Gasteiger charge is -2.16. The largest absolute Gasteiger partial charge is 0.496 e. The number of hydrogen-bond donors (Lipinski definition) is 1. The van der Waals surface area contributed by atoms with Crippen molar-refractivity contribution in [2.24, 2.45) is 0 Å². The molecule has 1 N–H and O–H groups in total. The molecule has 1 atom stereocenters. The second-order valence-electron chi connectivity index (χ2n) is 4.65. The third-order valence-electron chi connectivity index (χ3n) is 3.22. The van der Waals surface area contributed by atoms with Gasteiger partial charge in [-0.15, -0.1) is 0 Å². The summed E-state index contributed by atoms with van der Waals surface area (Å²) in [7, 11) is 1.58. The molecule has 0 bridgehead atoms. The summed E-state index contributed by atoms with van der Waals surface area (Å²) in [6.45, 7) is 3.81. The Balaban J connectivity index is 2.32. The second kappa shape index (κ2) is 6.44. The van der Waals surface area contributed by atoms with Crippen molar-refractivity contribution >= 4 is 0 Å². The van der Waals surface area contributed by atoms with E-state index in [1.165, 1.54) is 5.56 Å². The lowest BCUT2D eigenvalue weighted by molar-refractivity contribution is 0.190. The van der Waals surface area contributed by atoms with Gasteiger partial charge in [0.05, 0.1) is 18.8 Å². The summed E-state index contributed by atoms with van der Waals surface area (Å²) >= 11 is 0. The summed E-state index contributed by atoms with van der Waals surface area (Å²) in [5.41, 5.74) is 1.92. The fourth-order valence-corrected chi connectivity index (χ4v) is 2.12. The van der Waals surface area contributed by atoms with Crippen LogP contribution in [-0.4, -0.2) is 12.2 Å². The van der Waals surface area contributed by atoms with E-state index >= 15 is 0 Å². The molecular weight excluding hydrogens is 252 g/mol. The van der Waals surface area contributed by atoms with E-state index in [2.05, 4.69) is 6.92 Å². The molecule has 0 heterocycles. The van der Waals surface area contributed by atoms with Gasteiger partial charge in [0, 0.05) is 0 Å². The molecule has 2 rings (SSSR count). The van der Waals surface area contributed by atoms with Gasteiger partial charge in [-0.2, -0.15) is 0 Å². The number of ether oxygens (including phenoxy) is 2. The van der Waals surface area contributed by atoms with E-state index in [1.54, 1.807) is 14.0 Å². The van der Waals surface area contributed by atoms with Crippen LogP contribution >= 0.6 is 0 Å². The van der Waals surface area contributed by atoms with Gasteiger partial charge in [0.15, 0.2) is 0 Å². The van der Waals surface area contributed by atoms with Crippen molar-refractivity contribution in [2.45, 2.75) is 26.4 Å².